The van der Waals surface area contributed by atoms with Gasteiger partial charge in [-0.25, -0.2) is 11.0 Å². The maximum Gasteiger partial charge on any atom is 0.159 e. The molecule has 8 atom stereocenters. The molecule has 0 spiro atoms. The molecule has 4 aliphatic rings. The van der Waals surface area contributed by atoms with Gasteiger partial charge in [0.2, 0.25) is 0 Å². The number of hydrazine groups is 1. The van der Waals surface area contributed by atoms with Gasteiger partial charge < -0.3 is 10.5 Å². The molecular weight excluding hydrogens is 388 g/mol. The van der Waals surface area contributed by atoms with Crippen molar-refractivity contribution in [1.29, 1.82) is 0 Å². The number of fused-ring (bicyclic) bond motifs is 5. The van der Waals surface area contributed by atoms with Crippen LogP contribution in [0.5, 0.6) is 0 Å². The van der Waals surface area contributed by atoms with Crippen molar-refractivity contribution in [2.45, 2.75) is 78.6 Å². The Hall–Kier alpha value is -1.14. The summed E-state index contributed by atoms with van der Waals surface area (Å²) in [4.78, 5) is 13.2. The predicted molar refractivity (Wildman–Crippen MR) is 124 cm³/mol. The monoisotopic (exact) mass is 432 g/mol. The van der Waals surface area contributed by atoms with Crippen molar-refractivity contribution in [3.63, 3.8) is 0 Å². The van der Waals surface area contributed by atoms with Crippen LogP contribution in [0.2, 0.25) is 0 Å². The van der Waals surface area contributed by atoms with Crippen LogP contribution in [0.4, 0.5) is 0 Å². The number of carbonyl (C=O) groups is 1. The van der Waals surface area contributed by atoms with E-state index in [1.807, 2.05) is 0 Å². The number of hydrazone groups is 1. The number of ketones is 1. The molecule has 0 saturated heterocycles. The molecule has 0 bridgehead atoms. The van der Waals surface area contributed by atoms with Crippen molar-refractivity contribution < 1.29 is 9.53 Å². The van der Waals surface area contributed by atoms with E-state index in [2.05, 4.69) is 18.9 Å². The Morgan fingerprint density at radius 2 is 1.87 bits per heavy atom. The number of nitrogens with zero attached hydrogens (tertiary/aromatic N) is 2. The molecule has 0 aliphatic heterocycles. The second-order valence-electron chi connectivity index (χ2n) is 11.3. The van der Waals surface area contributed by atoms with Crippen LogP contribution in [0.25, 0.3) is 0 Å². The highest BCUT2D eigenvalue weighted by Gasteiger charge is 2.58. The van der Waals surface area contributed by atoms with Gasteiger partial charge in [-0.05, 0) is 113 Å². The molecule has 0 aromatic carbocycles. The van der Waals surface area contributed by atoms with Crippen LogP contribution < -0.4 is 11.6 Å². The zero-order chi connectivity index (χ0) is 22.2. The Labute approximate surface area is 188 Å². The molecule has 4 N–H and O–H groups in total. The number of carbonyl (C=O) groups excluding carboxylic acids is 1. The molecule has 6 nitrogen and oxygen atoms in total. The molecule has 0 amide bonds. The van der Waals surface area contributed by atoms with Gasteiger partial charge in [0.15, 0.2) is 5.78 Å². The molecule has 6 heteroatoms. The van der Waals surface area contributed by atoms with Gasteiger partial charge in [-0.1, -0.05) is 6.92 Å². The minimum atomic E-state index is 0.123. The largest absolute Gasteiger partial charge is 0.386 e. The first-order chi connectivity index (χ1) is 14.8. The Morgan fingerprint density at radius 1 is 1.10 bits per heavy atom. The van der Waals surface area contributed by atoms with Crippen molar-refractivity contribution in [1.82, 2.24) is 5.12 Å². The fourth-order valence-corrected chi connectivity index (χ4v) is 8.42. The van der Waals surface area contributed by atoms with Gasteiger partial charge in [0.1, 0.15) is 12.4 Å². The summed E-state index contributed by atoms with van der Waals surface area (Å²) in [6, 6.07) is 0. The summed E-state index contributed by atoms with van der Waals surface area (Å²) >= 11 is 0. The quantitative estimate of drug-likeness (QED) is 0.275. The lowest BCUT2D eigenvalue weighted by atomic mass is 9.49. The summed E-state index contributed by atoms with van der Waals surface area (Å²) in [5, 5.41) is 5.25. The highest BCUT2D eigenvalue weighted by molar-refractivity contribution is 5.84. The molecule has 176 valence electrons. The normalized spacial score (nSPS) is 42.5. The number of hydrogen-bond donors (Lipinski definition) is 2. The summed E-state index contributed by atoms with van der Waals surface area (Å²) in [6.45, 7) is 8.18. The zero-order valence-corrected chi connectivity index (χ0v) is 19.9. The second-order valence-corrected chi connectivity index (χ2v) is 11.3. The van der Waals surface area contributed by atoms with Crippen LogP contribution >= 0.6 is 0 Å². The third-order valence-electron chi connectivity index (χ3n) is 9.61. The van der Waals surface area contributed by atoms with Crippen LogP contribution in [0.3, 0.4) is 0 Å². The zero-order valence-electron chi connectivity index (χ0n) is 19.9. The predicted octanol–water partition coefficient (Wildman–Crippen LogP) is 3.94. The average Bonchev–Trinajstić information content (AvgIpc) is 3.08. The molecule has 0 radical (unpaired) electrons. The Kier molecular flexibility index (Phi) is 6.97. The van der Waals surface area contributed by atoms with Crippen molar-refractivity contribution in [3.8, 4) is 0 Å². The molecule has 4 aliphatic carbocycles. The number of ether oxygens (including phenoxy) is 1. The highest BCUT2D eigenvalue weighted by Crippen LogP contribution is 2.64. The number of rotatable bonds is 7. The van der Waals surface area contributed by atoms with Crippen molar-refractivity contribution >= 4 is 11.6 Å². The molecule has 0 aromatic rings. The van der Waals surface area contributed by atoms with Crippen molar-refractivity contribution in [2.24, 2.45) is 63.5 Å². The minimum Gasteiger partial charge on any atom is -0.386 e. The van der Waals surface area contributed by atoms with E-state index in [4.69, 9.17) is 16.3 Å². The molecular formula is C25H44N4O2. The third kappa shape index (κ3) is 4.52. The number of amidine groups is 1. The first-order valence-electron chi connectivity index (χ1n) is 12.8. The summed E-state index contributed by atoms with van der Waals surface area (Å²) in [5.74, 6) is 11.7. The van der Waals surface area contributed by atoms with Gasteiger partial charge >= 0.3 is 0 Å². The molecule has 8 unspecified atom stereocenters. The van der Waals surface area contributed by atoms with E-state index >= 15 is 0 Å². The highest BCUT2D eigenvalue weighted by atomic mass is 16.5. The number of Topliss-reactive ketones (excluding diaryl/α,β-unsaturated/α-hetero) is 1. The maximum absolute atomic E-state index is 13.2. The van der Waals surface area contributed by atoms with Crippen LogP contribution in [0.15, 0.2) is 5.10 Å². The van der Waals surface area contributed by atoms with Gasteiger partial charge in [-0.15, -0.1) is 5.10 Å². The van der Waals surface area contributed by atoms with E-state index in [-0.39, 0.29) is 23.7 Å². The molecule has 4 rings (SSSR count). The Morgan fingerprint density at radius 3 is 2.61 bits per heavy atom. The van der Waals surface area contributed by atoms with E-state index in [1.165, 1.54) is 56.5 Å². The van der Waals surface area contributed by atoms with Gasteiger partial charge in [-0.2, -0.15) is 0 Å². The van der Waals surface area contributed by atoms with Crippen LogP contribution in [0.1, 0.15) is 78.6 Å². The van der Waals surface area contributed by atoms with Gasteiger partial charge in [0.25, 0.3) is 0 Å². The average molecular weight is 433 g/mol. The van der Waals surface area contributed by atoms with E-state index in [9.17, 15) is 4.79 Å². The second kappa shape index (κ2) is 9.38. The summed E-state index contributed by atoms with van der Waals surface area (Å²) in [6.07, 6.45) is 11.6. The summed E-state index contributed by atoms with van der Waals surface area (Å²) in [5.41, 5.74) is 5.76. The van der Waals surface area contributed by atoms with Gasteiger partial charge in [0, 0.05) is 19.1 Å². The standard InChI is InChI=1S/C25H44N4O2/c1-4-31-15-17-5-7-19-18(13-17)6-8-21-20(19)11-12-25(3)22(21)9-10-23(25)24(30)14-29(27)28-16(2)26/h17-23H,4-15,27H2,1-3H3,(H2,26,28). The topological polar surface area (TPSA) is 93.9 Å². The third-order valence-corrected chi connectivity index (χ3v) is 9.61. The number of hydrogen-bond acceptors (Lipinski definition) is 5. The molecule has 31 heavy (non-hydrogen) atoms. The van der Waals surface area contributed by atoms with E-state index < -0.39 is 0 Å². The van der Waals surface area contributed by atoms with Gasteiger partial charge in [-0.3, -0.25) is 4.79 Å². The fourth-order valence-electron chi connectivity index (χ4n) is 8.42. The summed E-state index contributed by atoms with van der Waals surface area (Å²) in [7, 11) is 0. The van der Waals surface area contributed by atoms with Crippen molar-refractivity contribution in [3.05, 3.63) is 0 Å². The maximum atomic E-state index is 13.2. The van der Waals surface area contributed by atoms with E-state index in [0.717, 1.165) is 49.2 Å². The van der Waals surface area contributed by atoms with Crippen LogP contribution in [-0.4, -0.2) is 36.5 Å². The molecule has 0 heterocycles. The fraction of sp³-hybridized carbons (Fsp3) is 0.920. The van der Waals surface area contributed by atoms with E-state index in [0.29, 0.717) is 11.8 Å². The lowest BCUT2D eigenvalue weighted by molar-refractivity contribution is -0.131. The van der Waals surface area contributed by atoms with Crippen molar-refractivity contribution in [2.75, 3.05) is 19.8 Å². The first-order valence-corrected chi connectivity index (χ1v) is 12.8. The van der Waals surface area contributed by atoms with Crippen LogP contribution in [-0.2, 0) is 9.53 Å². The molecule has 4 saturated carbocycles. The first kappa shape index (κ1) is 23.0. The Balaban J connectivity index is 1.40. The van der Waals surface area contributed by atoms with E-state index in [1.54, 1.807) is 6.92 Å². The Bertz CT molecular complexity index is 678. The molecule has 0 aromatic heterocycles. The van der Waals surface area contributed by atoms with Gasteiger partial charge in [0.05, 0.1) is 0 Å². The SMILES string of the molecule is CCOCC1CCC2C(CCC3C2CCC2(C)C(C(=O)CN(N)/N=C(/C)N)CCC32)C1. The minimum absolute atomic E-state index is 0.123. The molecule has 4 fully saturated rings. The smallest absolute Gasteiger partial charge is 0.159 e. The lowest BCUT2D eigenvalue weighted by Crippen LogP contribution is -2.50. The summed E-state index contributed by atoms with van der Waals surface area (Å²) < 4.78 is 5.75. The van der Waals surface area contributed by atoms with Crippen LogP contribution in [0, 0.1) is 46.8 Å². The number of nitrogens with two attached hydrogens (primary N) is 2. The lowest BCUT2D eigenvalue weighted by Gasteiger charge is -2.56.